The lowest BCUT2D eigenvalue weighted by Gasteiger charge is -2.16. The first-order valence-electron chi connectivity index (χ1n) is 8.54. The summed E-state index contributed by atoms with van der Waals surface area (Å²) < 4.78 is 40.1. The number of aliphatic hydroxyl groups is 1. The third kappa shape index (κ3) is 5.32. The number of nitrogens with one attached hydrogen (secondary N) is 1. The van der Waals surface area contributed by atoms with Crippen LogP contribution in [0.4, 0.5) is 13.2 Å². The van der Waals surface area contributed by atoms with Crippen molar-refractivity contribution in [3.05, 3.63) is 70.9 Å². The quantitative estimate of drug-likeness (QED) is 0.526. The molecule has 0 bridgehead atoms. The molecule has 27 heavy (non-hydrogen) atoms. The normalized spacial score (nSPS) is 14.3. The number of aromatic nitrogens is 2. The molecule has 0 saturated heterocycles. The van der Waals surface area contributed by atoms with Crippen molar-refractivity contribution in [2.45, 2.75) is 39.9 Å². The third-order valence-corrected chi connectivity index (χ3v) is 4.07. The molecule has 1 aromatic carbocycles. The number of hydrogen-bond acceptors (Lipinski definition) is 4. The molecule has 7 heteroatoms. The van der Waals surface area contributed by atoms with Gasteiger partial charge in [0.15, 0.2) is 5.76 Å². The highest BCUT2D eigenvalue weighted by atomic mass is 19.4. The molecule has 1 aromatic heterocycles. The third-order valence-electron chi connectivity index (χ3n) is 4.07. The number of nitrogens with zero attached hydrogens (tertiary/aromatic N) is 2. The van der Waals surface area contributed by atoms with E-state index in [9.17, 15) is 18.3 Å². The van der Waals surface area contributed by atoms with Crippen LogP contribution in [-0.4, -0.2) is 21.3 Å². The molecular weight excluding hydrogens is 355 g/mol. The Balaban J connectivity index is 2.28. The maximum Gasteiger partial charge on any atom is 0.420 e. The summed E-state index contributed by atoms with van der Waals surface area (Å²) in [6.07, 6.45) is 1.36. The van der Waals surface area contributed by atoms with Crippen LogP contribution in [0.15, 0.2) is 65.3 Å². The molecule has 0 radical (unpaired) electrons. The van der Waals surface area contributed by atoms with E-state index in [1.54, 1.807) is 45.3 Å². The van der Waals surface area contributed by atoms with Crippen LogP contribution in [0.25, 0.3) is 11.0 Å². The fourth-order valence-corrected chi connectivity index (χ4v) is 2.42. The SMILES string of the molecule is C\C=C(NCc1ccc2nccnc2c1)/C(O)=C(\C=C(/C)CC)C(F)(F)F. The Bertz CT molecular complexity index is 899. The Labute approximate surface area is 156 Å². The monoisotopic (exact) mass is 377 g/mol. The molecule has 0 fully saturated rings. The van der Waals surface area contributed by atoms with Crippen molar-refractivity contribution in [1.82, 2.24) is 15.3 Å². The Kier molecular flexibility index (Phi) is 6.60. The van der Waals surface area contributed by atoms with E-state index in [-0.39, 0.29) is 12.2 Å². The molecule has 0 aliphatic heterocycles. The van der Waals surface area contributed by atoms with Crippen LogP contribution in [0.3, 0.4) is 0 Å². The van der Waals surface area contributed by atoms with Gasteiger partial charge in [0.25, 0.3) is 0 Å². The van der Waals surface area contributed by atoms with Crippen molar-refractivity contribution in [2.75, 3.05) is 0 Å². The van der Waals surface area contributed by atoms with E-state index in [1.807, 2.05) is 6.07 Å². The standard InChI is InChI=1S/C20H22F3N3O/c1-4-13(3)10-15(20(21,22)23)19(27)16(5-2)26-12-14-6-7-17-18(11-14)25-9-8-24-17/h5-11,26-27H,4,12H2,1-3H3/b13-10+,16-5+,19-15-. The van der Waals surface area contributed by atoms with Gasteiger partial charge in [-0.3, -0.25) is 9.97 Å². The van der Waals surface area contributed by atoms with Crippen molar-refractivity contribution in [3.8, 4) is 0 Å². The molecule has 0 amide bonds. The first kappa shape index (κ1) is 20.5. The Morgan fingerprint density at radius 2 is 1.85 bits per heavy atom. The molecule has 2 rings (SSSR count). The minimum atomic E-state index is -4.66. The second-order valence-electron chi connectivity index (χ2n) is 6.04. The fourth-order valence-electron chi connectivity index (χ4n) is 2.42. The molecule has 1 heterocycles. The number of hydrogen-bond donors (Lipinski definition) is 2. The van der Waals surface area contributed by atoms with Crippen LogP contribution in [0.5, 0.6) is 0 Å². The maximum absolute atomic E-state index is 13.4. The van der Waals surface area contributed by atoms with Crippen LogP contribution in [0.1, 0.15) is 32.8 Å². The van der Waals surface area contributed by atoms with Crippen molar-refractivity contribution in [2.24, 2.45) is 0 Å². The first-order chi connectivity index (χ1) is 12.8. The summed E-state index contributed by atoms with van der Waals surface area (Å²) >= 11 is 0. The van der Waals surface area contributed by atoms with Gasteiger partial charge in [-0.2, -0.15) is 13.2 Å². The first-order valence-corrected chi connectivity index (χ1v) is 8.54. The highest BCUT2D eigenvalue weighted by Gasteiger charge is 2.36. The highest BCUT2D eigenvalue weighted by molar-refractivity contribution is 5.74. The van der Waals surface area contributed by atoms with E-state index in [0.29, 0.717) is 17.5 Å². The van der Waals surface area contributed by atoms with Crippen LogP contribution in [0, 0.1) is 0 Å². The zero-order chi connectivity index (χ0) is 20.0. The van der Waals surface area contributed by atoms with Crippen molar-refractivity contribution >= 4 is 11.0 Å². The minimum Gasteiger partial charge on any atom is -0.505 e. The predicted octanol–water partition coefficient (Wildman–Crippen LogP) is 5.35. The van der Waals surface area contributed by atoms with Crippen LogP contribution in [0.2, 0.25) is 0 Å². The van der Waals surface area contributed by atoms with Crippen molar-refractivity contribution in [3.63, 3.8) is 0 Å². The number of rotatable bonds is 6. The zero-order valence-electron chi connectivity index (χ0n) is 15.4. The lowest BCUT2D eigenvalue weighted by molar-refractivity contribution is -0.0907. The average molecular weight is 377 g/mol. The molecule has 0 unspecified atom stereocenters. The average Bonchev–Trinajstić information content (AvgIpc) is 2.65. The summed E-state index contributed by atoms with van der Waals surface area (Å²) in [5.41, 5.74) is 1.71. The summed E-state index contributed by atoms with van der Waals surface area (Å²) in [4.78, 5) is 8.38. The molecule has 2 aromatic rings. The molecule has 0 spiro atoms. The molecular formula is C20H22F3N3O. The van der Waals surface area contributed by atoms with Gasteiger partial charge in [0, 0.05) is 18.9 Å². The Morgan fingerprint density at radius 3 is 2.44 bits per heavy atom. The number of benzene rings is 1. The second kappa shape index (κ2) is 8.70. The predicted molar refractivity (Wildman–Crippen MR) is 99.9 cm³/mol. The van der Waals surface area contributed by atoms with E-state index in [0.717, 1.165) is 17.2 Å². The van der Waals surface area contributed by atoms with Crippen LogP contribution >= 0.6 is 0 Å². The molecule has 4 nitrogen and oxygen atoms in total. The van der Waals surface area contributed by atoms with Crippen LogP contribution in [-0.2, 0) is 6.54 Å². The van der Waals surface area contributed by atoms with E-state index in [1.165, 1.54) is 6.08 Å². The van der Waals surface area contributed by atoms with Gasteiger partial charge in [0.2, 0.25) is 0 Å². The van der Waals surface area contributed by atoms with Gasteiger partial charge in [-0.1, -0.05) is 24.6 Å². The lowest BCUT2D eigenvalue weighted by atomic mass is 10.1. The summed E-state index contributed by atoms with van der Waals surface area (Å²) in [6, 6.07) is 5.40. The molecule has 0 atom stereocenters. The molecule has 0 aliphatic rings. The van der Waals surface area contributed by atoms with Gasteiger partial charge in [0.05, 0.1) is 22.3 Å². The van der Waals surface area contributed by atoms with Crippen LogP contribution < -0.4 is 5.32 Å². The maximum atomic E-state index is 13.4. The van der Waals surface area contributed by atoms with Crippen molar-refractivity contribution < 1.29 is 18.3 Å². The summed E-state index contributed by atoms with van der Waals surface area (Å²) in [7, 11) is 0. The molecule has 0 saturated carbocycles. The Hall–Kier alpha value is -2.83. The largest absolute Gasteiger partial charge is 0.505 e. The van der Waals surface area contributed by atoms with E-state index >= 15 is 0 Å². The van der Waals surface area contributed by atoms with Gasteiger partial charge < -0.3 is 10.4 Å². The minimum absolute atomic E-state index is 0.0155. The fraction of sp³-hybridized carbons (Fsp3) is 0.300. The number of alkyl halides is 3. The second-order valence-corrected chi connectivity index (χ2v) is 6.04. The zero-order valence-corrected chi connectivity index (χ0v) is 15.4. The van der Waals surface area contributed by atoms with E-state index in [2.05, 4.69) is 15.3 Å². The van der Waals surface area contributed by atoms with Crippen molar-refractivity contribution in [1.29, 1.82) is 0 Å². The summed E-state index contributed by atoms with van der Waals surface area (Å²) in [5, 5.41) is 13.1. The number of aliphatic hydroxyl groups excluding tert-OH is 1. The van der Waals surface area contributed by atoms with E-state index in [4.69, 9.17) is 0 Å². The summed E-state index contributed by atoms with van der Waals surface area (Å²) in [6.45, 7) is 5.15. The topological polar surface area (TPSA) is 58.0 Å². The van der Waals surface area contributed by atoms with Gasteiger partial charge >= 0.3 is 6.18 Å². The smallest absolute Gasteiger partial charge is 0.420 e. The number of fused-ring (bicyclic) bond motifs is 1. The van der Waals surface area contributed by atoms with E-state index < -0.39 is 17.5 Å². The van der Waals surface area contributed by atoms with Gasteiger partial charge in [-0.05, 0) is 44.0 Å². The highest BCUT2D eigenvalue weighted by Crippen LogP contribution is 2.31. The molecule has 0 aliphatic carbocycles. The molecule has 2 N–H and O–H groups in total. The van der Waals surface area contributed by atoms with Gasteiger partial charge in [0.1, 0.15) is 0 Å². The number of halogens is 3. The van der Waals surface area contributed by atoms with Gasteiger partial charge in [-0.15, -0.1) is 0 Å². The van der Waals surface area contributed by atoms with Gasteiger partial charge in [-0.25, -0.2) is 0 Å². The molecule has 144 valence electrons. The number of allylic oxidation sites excluding steroid dienone is 4. The lowest BCUT2D eigenvalue weighted by Crippen LogP contribution is -2.20. The summed E-state index contributed by atoms with van der Waals surface area (Å²) in [5.74, 6) is -0.821. The Morgan fingerprint density at radius 1 is 1.19 bits per heavy atom.